The number of H-pyrrole nitrogens is 1. The number of nitrogens with one attached hydrogen (secondary N) is 2. The number of nitrogens with zero attached hydrogens (tertiary/aromatic N) is 1. The number of ether oxygens (including phenoxy) is 1. The number of benzene rings is 1. The molecule has 0 saturated carbocycles. The normalized spacial score (nSPS) is 10.2. The van der Waals surface area contributed by atoms with E-state index in [0.717, 1.165) is 12.0 Å². The lowest BCUT2D eigenvalue weighted by atomic mass is 10.2. The topological polar surface area (TPSA) is 67.0 Å². The molecule has 0 bridgehead atoms. The Hall–Kier alpha value is -2.30. The van der Waals surface area contributed by atoms with Gasteiger partial charge < -0.3 is 10.1 Å². The molecule has 1 aromatic carbocycles. The van der Waals surface area contributed by atoms with Crippen LogP contribution in [-0.4, -0.2) is 22.7 Å². The van der Waals surface area contributed by atoms with Crippen LogP contribution in [0, 0.1) is 0 Å². The maximum absolute atomic E-state index is 12.2. The molecule has 0 fully saturated rings. The van der Waals surface area contributed by atoms with E-state index in [0.29, 0.717) is 23.7 Å². The van der Waals surface area contributed by atoms with Gasteiger partial charge in [-0.25, -0.2) is 0 Å². The average Bonchev–Trinajstić information content (AvgIpc) is 2.87. The third-order valence-electron chi connectivity index (χ3n) is 2.77. The number of carbonyl (C=O) groups excluding carboxylic acids is 1. The Morgan fingerprint density at radius 2 is 2.16 bits per heavy atom. The first-order valence-electron chi connectivity index (χ1n) is 6.31. The van der Waals surface area contributed by atoms with E-state index in [-0.39, 0.29) is 5.91 Å². The molecule has 0 radical (unpaired) electrons. The van der Waals surface area contributed by atoms with Crippen molar-refractivity contribution in [1.82, 2.24) is 10.2 Å². The summed E-state index contributed by atoms with van der Waals surface area (Å²) >= 11 is 0. The highest BCUT2D eigenvalue weighted by molar-refractivity contribution is 6.06. The third-order valence-corrected chi connectivity index (χ3v) is 2.77. The van der Waals surface area contributed by atoms with Gasteiger partial charge in [-0.3, -0.25) is 9.89 Å². The minimum Gasteiger partial charge on any atom is -0.493 e. The Kier molecular flexibility index (Phi) is 4.18. The van der Waals surface area contributed by atoms with Gasteiger partial charge in [0.1, 0.15) is 11.6 Å². The van der Waals surface area contributed by atoms with E-state index < -0.39 is 0 Å². The van der Waals surface area contributed by atoms with Crippen LogP contribution >= 0.6 is 0 Å². The summed E-state index contributed by atoms with van der Waals surface area (Å²) in [5.41, 5.74) is 1.49. The number of rotatable bonds is 5. The van der Waals surface area contributed by atoms with E-state index in [1.165, 1.54) is 0 Å². The summed E-state index contributed by atoms with van der Waals surface area (Å²) in [6.07, 6.45) is 2.52. The van der Waals surface area contributed by atoms with Crippen LogP contribution < -0.4 is 10.1 Å². The highest BCUT2D eigenvalue weighted by Crippen LogP contribution is 2.20. The summed E-state index contributed by atoms with van der Waals surface area (Å²) < 4.78 is 5.45. The molecule has 0 aliphatic heterocycles. The van der Waals surface area contributed by atoms with Crippen molar-refractivity contribution in [2.45, 2.75) is 20.3 Å². The SMILES string of the molecule is CCOc1ccccc1C(=O)Nc1[nH]ncc1CC. The summed E-state index contributed by atoms with van der Waals surface area (Å²) in [7, 11) is 0. The van der Waals surface area contributed by atoms with Gasteiger partial charge in [-0.05, 0) is 25.5 Å². The van der Waals surface area contributed by atoms with Crippen molar-refractivity contribution < 1.29 is 9.53 Å². The second-order valence-electron chi connectivity index (χ2n) is 4.01. The molecular formula is C14H17N3O2. The molecule has 2 N–H and O–H groups in total. The molecular weight excluding hydrogens is 242 g/mol. The highest BCUT2D eigenvalue weighted by Gasteiger charge is 2.14. The standard InChI is InChI=1S/C14H17N3O2/c1-3-10-9-15-17-13(10)16-14(18)11-7-5-6-8-12(11)19-4-2/h5-9H,3-4H2,1-2H3,(H2,15,16,17,18). The summed E-state index contributed by atoms with van der Waals surface area (Å²) in [6, 6.07) is 7.18. The average molecular weight is 259 g/mol. The molecule has 2 aromatic rings. The third kappa shape index (κ3) is 2.93. The quantitative estimate of drug-likeness (QED) is 0.867. The lowest BCUT2D eigenvalue weighted by Crippen LogP contribution is -2.14. The summed E-state index contributed by atoms with van der Waals surface area (Å²) in [5.74, 6) is 1.02. The molecule has 0 saturated heterocycles. The van der Waals surface area contributed by atoms with Gasteiger partial charge in [-0.15, -0.1) is 0 Å². The Bertz CT molecular complexity index is 563. The number of carbonyl (C=O) groups is 1. The first kappa shape index (κ1) is 13.1. The molecule has 1 aromatic heterocycles. The van der Waals surface area contributed by atoms with E-state index in [4.69, 9.17) is 4.74 Å². The zero-order valence-electron chi connectivity index (χ0n) is 11.1. The van der Waals surface area contributed by atoms with Gasteiger partial charge in [0.05, 0.1) is 18.4 Å². The number of aromatic nitrogens is 2. The van der Waals surface area contributed by atoms with Crippen LogP contribution in [0.1, 0.15) is 29.8 Å². The molecule has 0 aliphatic carbocycles. The van der Waals surface area contributed by atoms with Crippen molar-refractivity contribution in [2.75, 3.05) is 11.9 Å². The predicted octanol–water partition coefficient (Wildman–Crippen LogP) is 2.62. The van der Waals surface area contributed by atoms with Crippen LogP contribution in [0.25, 0.3) is 0 Å². The lowest BCUT2D eigenvalue weighted by Gasteiger charge is -2.10. The molecule has 100 valence electrons. The monoisotopic (exact) mass is 259 g/mol. The Balaban J connectivity index is 2.20. The van der Waals surface area contributed by atoms with Crippen LogP contribution in [0.2, 0.25) is 0 Å². The zero-order valence-corrected chi connectivity index (χ0v) is 11.1. The van der Waals surface area contributed by atoms with E-state index in [1.807, 2.05) is 26.0 Å². The fraction of sp³-hybridized carbons (Fsp3) is 0.286. The summed E-state index contributed by atoms with van der Waals surface area (Å²) in [4.78, 5) is 12.2. The molecule has 2 rings (SSSR count). The maximum atomic E-state index is 12.2. The molecule has 0 spiro atoms. The van der Waals surface area contributed by atoms with Crippen LogP contribution in [-0.2, 0) is 6.42 Å². The van der Waals surface area contributed by atoms with Crippen molar-refractivity contribution in [3.8, 4) is 5.75 Å². The number of aryl methyl sites for hydroxylation is 1. The molecule has 0 aliphatic rings. The number of para-hydroxylation sites is 1. The van der Waals surface area contributed by atoms with Crippen LogP contribution in [0.4, 0.5) is 5.82 Å². The minimum atomic E-state index is -0.206. The van der Waals surface area contributed by atoms with Crippen molar-refractivity contribution in [3.05, 3.63) is 41.6 Å². The van der Waals surface area contributed by atoms with Crippen LogP contribution in [0.15, 0.2) is 30.5 Å². The van der Waals surface area contributed by atoms with Gasteiger partial charge in [0, 0.05) is 5.56 Å². The smallest absolute Gasteiger partial charge is 0.260 e. The van der Waals surface area contributed by atoms with E-state index in [9.17, 15) is 4.79 Å². The Labute approximate surface area is 112 Å². The van der Waals surface area contributed by atoms with Gasteiger partial charge in [0.15, 0.2) is 0 Å². The van der Waals surface area contributed by atoms with Gasteiger partial charge in [0.25, 0.3) is 5.91 Å². The fourth-order valence-electron chi connectivity index (χ4n) is 1.80. The number of hydrogen-bond acceptors (Lipinski definition) is 3. The lowest BCUT2D eigenvalue weighted by molar-refractivity contribution is 0.102. The van der Waals surface area contributed by atoms with Crippen LogP contribution in [0.5, 0.6) is 5.75 Å². The second kappa shape index (κ2) is 6.04. The Morgan fingerprint density at radius 1 is 1.37 bits per heavy atom. The Morgan fingerprint density at radius 3 is 2.89 bits per heavy atom. The molecule has 5 nitrogen and oxygen atoms in total. The van der Waals surface area contributed by atoms with Crippen molar-refractivity contribution in [3.63, 3.8) is 0 Å². The largest absolute Gasteiger partial charge is 0.493 e. The number of aromatic amines is 1. The zero-order chi connectivity index (χ0) is 13.7. The van der Waals surface area contributed by atoms with Gasteiger partial charge in [-0.1, -0.05) is 19.1 Å². The van der Waals surface area contributed by atoms with Gasteiger partial charge in [0.2, 0.25) is 0 Å². The van der Waals surface area contributed by atoms with E-state index in [2.05, 4.69) is 15.5 Å². The minimum absolute atomic E-state index is 0.206. The van der Waals surface area contributed by atoms with Gasteiger partial charge in [-0.2, -0.15) is 5.10 Å². The van der Waals surface area contributed by atoms with E-state index in [1.54, 1.807) is 18.3 Å². The fourth-order valence-corrected chi connectivity index (χ4v) is 1.80. The molecule has 5 heteroatoms. The predicted molar refractivity (Wildman–Crippen MR) is 73.5 cm³/mol. The van der Waals surface area contributed by atoms with Crippen molar-refractivity contribution >= 4 is 11.7 Å². The first-order chi connectivity index (χ1) is 9.26. The first-order valence-corrected chi connectivity index (χ1v) is 6.31. The number of hydrogen-bond donors (Lipinski definition) is 2. The summed E-state index contributed by atoms with van der Waals surface area (Å²) in [6.45, 7) is 4.42. The summed E-state index contributed by atoms with van der Waals surface area (Å²) in [5, 5.41) is 9.53. The van der Waals surface area contributed by atoms with Crippen molar-refractivity contribution in [1.29, 1.82) is 0 Å². The molecule has 1 heterocycles. The number of amides is 1. The molecule has 19 heavy (non-hydrogen) atoms. The molecule has 1 amide bonds. The van der Waals surface area contributed by atoms with E-state index >= 15 is 0 Å². The van der Waals surface area contributed by atoms with Crippen molar-refractivity contribution in [2.24, 2.45) is 0 Å². The highest BCUT2D eigenvalue weighted by atomic mass is 16.5. The van der Waals surface area contributed by atoms with Crippen LogP contribution in [0.3, 0.4) is 0 Å². The van der Waals surface area contributed by atoms with Gasteiger partial charge >= 0.3 is 0 Å². The number of anilines is 1. The molecule has 0 unspecified atom stereocenters. The second-order valence-corrected chi connectivity index (χ2v) is 4.01. The maximum Gasteiger partial charge on any atom is 0.260 e. The molecule has 0 atom stereocenters.